The summed E-state index contributed by atoms with van der Waals surface area (Å²) in [5.74, 6) is 1.65. The zero-order chi connectivity index (χ0) is 12.8. The van der Waals surface area contributed by atoms with Gasteiger partial charge in [0.2, 0.25) is 0 Å². The largest absolute Gasteiger partial charge is 0.381 e. The Morgan fingerprint density at radius 3 is 2.78 bits per heavy atom. The molecule has 1 aromatic carbocycles. The number of ether oxygens (including phenoxy) is 1. The average Bonchev–Trinajstić information content (AvgIpc) is 2.39. The number of alkyl halides is 1. The zero-order valence-electron chi connectivity index (χ0n) is 10.6. The van der Waals surface area contributed by atoms with Crippen molar-refractivity contribution in [2.45, 2.75) is 25.7 Å². The van der Waals surface area contributed by atoms with Gasteiger partial charge >= 0.3 is 0 Å². The Bertz CT molecular complexity index is 363. The van der Waals surface area contributed by atoms with Crippen molar-refractivity contribution < 1.29 is 9.13 Å². The SMILES string of the molecule is Fc1cccc(CC(CCl)CC2CCOCC2)c1. The molecule has 0 N–H and O–H groups in total. The minimum absolute atomic E-state index is 0.160. The smallest absolute Gasteiger partial charge is 0.123 e. The molecule has 18 heavy (non-hydrogen) atoms. The number of halogens is 2. The van der Waals surface area contributed by atoms with E-state index in [1.165, 1.54) is 6.07 Å². The molecule has 2 rings (SSSR count). The molecule has 0 aliphatic carbocycles. The minimum Gasteiger partial charge on any atom is -0.381 e. The van der Waals surface area contributed by atoms with Crippen LogP contribution in [0.2, 0.25) is 0 Å². The van der Waals surface area contributed by atoms with Gasteiger partial charge in [0, 0.05) is 19.1 Å². The second-order valence-corrected chi connectivity index (χ2v) is 5.45. The first kappa shape index (κ1) is 13.8. The van der Waals surface area contributed by atoms with Gasteiger partial charge in [-0.3, -0.25) is 0 Å². The van der Waals surface area contributed by atoms with Crippen LogP contribution in [0, 0.1) is 17.7 Å². The van der Waals surface area contributed by atoms with E-state index < -0.39 is 0 Å². The molecule has 1 aliphatic rings. The van der Waals surface area contributed by atoms with Gasteiger partial charge in [-0.25, -0.2) is 4.39 Å². The Hall–Kier alpha value is -0.600. The van der Waals surface area contributed by atoms with Crippen molar-refractivity contribution in [1.82, 2.24) is 0 Å². The number of rotatable bonds is 5. The van der Waals surface area contributed by atoms with E-state index in [2.05, 4.69) is 0 Å². The molecule has 1 fully saturated rings. The van der Waals surface area contributed by atoms with Crippen LogP contribution < -0.4 is 0 Å². The third-order valence-corrected chi connectivity index (χ3v) is 4.08. The van der Waals surface area contributed by atoms with Crippen LogP contribution in [0.25, 0.3) is 0 Å². The van der Waals surface area contributed by atoms with Crippen LogP contribution in [0.15, 0.2) is 24.3 Å². The summed E-state index contributed by atoms with van der Waals surface area (Å²) in [5, 5.41) is 0. The van der Waals surface area contributed by atoms with E-state index in [0.29, 0.717) is 11.8 Å². The number of benzene rings is 1. The Kier molecular flexibility index (Phi) is 5.45. The molecule has 3 heteroatoms. The molecule has 1 aromatic rings. The molecule has 0 amide bonds. The standard InChI is InChI=1S/C15H20ClFO/c16-11-14(8-12-4-6-18-7-5-12)9-13-2-1-3-15(17)10-13/h1-3,10,12,14H,4-9,11H2. The third kappa shape index (κ3) is 4.25. The molecule has 0 aromatic heterocycles. The van der Waals surface area contributed by atoms with E-state index in [9.17, 15) is 4.39 Å². The van der Waals surface area contributed by atoms with E-state index in [1.807, 2.05) is 6.07 Å². The third-order valence-electron chi connectivity index (χ3n) is 3.64. The first-order valence-electron chi connectivity index (χ1n) is 6.66. The van der Waals surface area contributed by atoms with Crippen LogP contribution in [0.3, 0.4) is 0 Å². The molecule has 100 valence electrons. The number of hydrogen-bond donors (Lipinski definition) is 0. The molecule has 0 radical (unpaired) electrons. The lowest BCUT2D eigenvalue weighted by molar-refractivity contribution is 0.0595. The summed E-state index contributed by atoms with van der Waals surface area (Å²) in [6.45, 7) is 1.75. The molecular formula is C15H20ClFO. The van der Waals surface area contributed by atoms with E-state index in [1.54, 1.807) is 12.1 Å². The summed E-state index contributed by atoms with van der Waals surface area (Å²) in [6, 6.07) is 6.85. The van der Waals surface area contributed by atoms with E-state index in [0.717, 1.165) is 50.4 Å². The Morgan fingerprint density at radius 2 is 2.11 bits per heavy atom. The normalized spacial score (nSPS) is 18.8. The molecule has 1 unspecified atom stereocenters. The minimum atomic E-state index is -0.160. The molecule has 1 nitrogen and oxygen atoms in total. The van der Waals surface area contributed by atoms with Gasteiger partial charge < -0.3 is 4.74 Å². The summed E-state index contributed by atoms with van der Waals surface area (Å²) in [7, 11) is 0. The maximum Gasteiger partial charge on any atom is 0.123 e. The van der Waals surface area contributed by atoms with Crippen LogP contribution in [-0.2, 0) is 11.2 Å². The summed E-state index contributed by atoms with van der Waals surface area (Å²) in [5.41, 5.74) is 1.05. The van der Waals surface area contributed by atoms with Crippen molar-refractivity contribution in [1.29, 1.82) is 0 Å². The summed E-state index contributed by atoms with van der Waals surface area (Å²) in [6.07, 6.45) is 4.27. The summed E-state index contributed by atoms with van der Waals surface area (Å²) in [4.78, 5) is 0. The van der Waals surface area contributed by atoms with Gasteiger partial charge in [0.05, 0.1) is 0 Å². The first-order chi connectivity index (χ1) is 8.78. The predicted octanol–water partition coefficient (Wildman–Crippen LogP) is 4.04. The fraction of sp³-hybridized carbons (Fsp3) is 0.600. The van der Waals surface area contributed by atoms with Gasteiger partial charge in [0.25, 0.3) is 0 Å². The van der Waals surface area contributed by atoms with Crippen molar-refractivity contribution in [3.8, 4) is 0 Å². The van der Waals surface area contributed by atoms with Crippen LogP contribution in [0.5, 0.6) is 0 Å². The monoisotopic (exact) mass is 270 g/mol. The second kappa shape index (κ2) is 7.10. The fourth-order valence-corrected chi connectivity index (χ4v) is 2.89. The Balaban J connectivity index is 1.88. The van der Waals surface area contributed by atoms with E-state index in [4.69, 9.17) is 16.3 Å². The van der Waals surface area contributed by atoms with Gasteiger partial charge in [0.15, 0.2) is 0 Å². The van der Waals surface area contributed by atoms with Gasteiger partial charge in [-0.2, -0.15) is 0 Å². The topological polar surface area (TPSA) is 9.23 Å². The maximum absolute atomic E-state index is 13.1. The molecule has 1 atom stereocenters. The van der Waals surface area contributed by atoms with Crippen molar-refractivity contribution in [2.75, 3.05) is 19.1 Å². The van der Waals surface area contributed by atoms with Crippen molar-refractivity contribution in [2.24, 2.45) is 11.8 Å². The van der Waals surface area contributed by atoms with E-state index in [-0.39, 0.29) is 5.82 Å². The van der Waals surface area contributed by atoms with Crippen LogP contribution in [0.1, 0.15) is 24.8 Å². The lowest BCUT2D eigenvalue weighted by atomic mass is 9.86. The highest BCUT2D eigenvalue weighted by atomic mass is 35.5. The van der Waals surface area contributed by atoms with E-state index >= 15 is 0 Å². The highest BCUT2D eigenvalue weighted by Crippen LogP contribution is 2.26. The van der Waals surface area contributed by atoms with Crippen molar-refractivity contribution in [3.63, 3.8) is 0 Å². The van der Waals surface area contributed by atoms with Crippen LogP contribution >= 0.6 is 11.6 Å². The summed E-state index contributed by atoms with van der Waals surface area (Å²) >= 11 is 6.05. The van der Waals surface area contributed by atoms with Crippen LogP contribution in [0.4, 0.5) is 4.39 Å². The first-order valence-corrected chi connectivity index (χ1v) is 7.19. The van der Waals surface area contributed by atoms with Gasteiger partial charge in [-0.1, -0.05) is 12.1 Å². The van der Waals surface area contributed by atoms with Gasteiger partial charge in [0.1, 0.15) is 5.82 Å². The van der Waals surface area contributed by atoms with Gasteiger partial charge in [-0.05, 0) is 55.2 Å². The Labute approximate surface area is 113 Å². The molecule has 0 spiro atoms. The van der Waals surface area contributed by atoms with Crippen LogP contribution in [-0.4, -0.2) is 19.1 Å². The highest BCUT2D eigenvalue weighted by molar-refractivity contribution is 6.18. The quantitative estimate of drug-likeness (QED) is 0.734. The predicted molar refractivity (Wildman–Crippen MR) is 72.5 cm³/mol. The fourth-order valence-electron chi connectivity index (χ4n) is 2.65. The van der Waals surface area contributed by atoms with Crippen molar-refractivity contribution >= 4 is 11.6 Å². The molecular weight excluding hydrogens is 251 g/mol. The lowest BCUT2D eigenvalue weighted by Gasteiger charge is -2.25. The lowest BCUT2D eigenvalue weighted by Crippen LogP contribution is -2.20. The highest BCUT2D eigenvalue weighted by Gasteiger charge is 2.19. The van der Waals surface area contributed by atoms with Crippen molar-refractivity contribution in [3.05, 3.63) is 35.6 Å². The molecule has 1 heterocycles. The maximum atomic E-state index is 13.1. The average molecular weight is 271 g/mol. The second-order valence-electron chi connectivity index (χ2n) is 5.15. The molecule has 1 saturated heterocycles. The molecule has 1 aliphatic heterocycles. The zero-order valence-corrected chi connectivity index (χ0v) is 11.3. The summed E-state index contributed by atoms with van der Waals surface area (Å²) < 4.78 is 18.5. The number of hydrogen-bond acceptors (Lipinski definition) is 1. The molecule has 0 saturated carbocycles. The molecule has 0 bridgehead atoms. The Morgan fingerprint density at radius 1 is 1.33 bits per heavy atom. The van der Waals surface area contributed by atoms with Gasteiger partial charge in [-0.15, -0.1) is 11.6 Å².